The zero-order valence-electron chi connectivity index (χ0n) is 24.2. The summed E-state index contributed by atoms with van der Waals surface area (Å²) in [6.45, 7) is 13.0. The van der Waals surface area contributed by atoms with Crippen LogP contribution >= 0.6 is 0 Å². The van der Waals surface area contributed by atoms with Crippen molar-refractivity contribution in [3.8, 4) is 0 Å². The zero-order chi connectivity index (χ0) is 27.0. The number of hydrogen-bond donors (Lipinski definition) is 0. The number of likely N-dealkylation sites (tertiary alicyclic amines) is 1. The molecular weight excluding hydrogens is 468 g/mol. The number of rotatable bonds is 9. The number of piperidine rings is 1. The number of pyridine rings is 1. The van der Waals surface area contributed by atoms with Gasteiger partial charge in [-0.05, 0) is 88.2 Å². The maximum atomic E-state index is 14.2. The lowest BCUT2D eigenvalue weighted by molar-refractivity contribution is -0.140. The Morgan fingerprint density at radius 1 is 1.16 bits per heavy atom. The van der Waals surface area contributed by atoms with E-state index in [0.29, 0.717) is 29.8 Å². The number of benzene rings is 1. The molecule has 0 saturated carbocycles. The van der Waals surface area contributed by atoms with Crippen LogP contribution in [0.4, 0.5) is 0 Å². The number of carbonyl (C=O) groups excluding carboxylic acids is 1. The summed E-state index contributed by atoms with van der Waals surface area (Å²) in [7, 11) is 2.24. The standard InChI is InChI=1S/C33H46N4O/c1-7-8-15-36(24(5)16-23(4)25-11-10-14-34-19-25)33(38)27-17-29-28-12-9-13-30-32(28)26(21-37(30)22(2)3)18-31(29)35(6)20-27/h9-14,19,21-24,27,29,31H,7-8,15-18,20H2,1-6H3/t23?,24?,27?,29-,31-/m1/s1. The Hall–Kier alpha value is -2.66. The highest BCUT2D eigenvalue weighted by Crippen LogP contribution is 2.46. The van der Waals surface area contributed by atoms with Crippen LogP contribution < -0.4 is 0 Å². The van der Waals surface area contributed by atoms with E-state index in [4.69, 9.17) is 0 Å². The minimum atomic E-state index is 0.0400. The largest absolute Gasteiger partial charge is 0.345 e. The van der Waals surface area contributed by atoms with Crippen molar-refractivity contribution in [3.05, 3.63) is 65.6 Å². The summed E-state index contributed by atoms with van der Waals surface area (Å²) in [6, 6.07) is 12.1. The topological polar surface area (TPSA) is 41.4 Å². The molecule has 5 nitrogen and oxygen atoms in total. The number of unbranched alkanes of at least 4 members (excludes halogenated alkanes) is 1. The van der Waals surface area contributed by atoms with E-state index in [9.17, 15) is 4.79 Å². The number of fused-ring (bicyclic) bond motifs is 2. The Morgan fingerprint density at radius 2 is 1.97 bits per heavy atom. The lowest BCUT2D eigenvalue weighted by Gasteiger charge is -2.46. The van der Waals surface area contributed by atoms with Gasteiger partial charge in [0.15, 0.2) is 0 Å². The molecule has 1 aliphatic heterocycles. The summed E-state index contributed by atoms with van der Waals surface area (Å²) >= 11 is 0. The van der Waals surface area contributed by atoms with Crippen LogP contribution in [0.25, 0.3) is 10.9 Å². The molecule has 0 N–H and O–H groups in total. The van der Waals surface area contributed by atoms with Crippen LogP contribution in [0.5, 0.6) is 0 Å². The molecule has 2 aromatic heterocycles. The normalized spacial score (nSPS) is 22.9. The summed E-state index contributed by atoms with van der Waals surface area (Å²) in [5.41, 5.74) is 5.53. The molecule has 5 rings (SSSR count). The van der Waals surface area contributed by atoms with Gasteiger partial charge in [0.25, 0.3) is 0 Å². The number of likely N-dealkylation sites (N-methyl/N-ethyl adjacent to an activating group) is 1. The lowest BCUT2D eigenvalue weighted by atomic mass is 9.72. The van der Waals surface area contributed by atoms with Crippen molar-refractivity contribution in [2.24, 2.45) is 5.92 Å². The molecule has 0 bridgehead atoms. The highest BCUT2D eigenvalue weighted by atomic mass is 16.2. The van der Waals surface area contributed by atoms with Gasteiger partial charge in [-0.3, -0.25) is 9.78 Å². The zero-order valence-corrected chi connectivity index (χ0v) is 24.2. The first-order valence-corrected chi connectivity index (χ1v) is 14.8. The molecule has 5 heteroatoms. The van der Waals surface area contributed by atoms with Crippen LogP contribution in [0.2, 0.25) is 0 Å². The van der Waals surface area contributed by atoms with Crippen molar-refractivity contribution in [2.45, 2.75) is 96.7 Å². The van der Waals surface area contributed by atoms with E-state index in [-0.39, 0.29) is 12.0 Å². The fourth-order valence-electron chi connectivity index (χ4n) is 7.23. The van der Waals surface area contributed by atoms with Gasteiger partial charge in [0, 0.05) is 66.6 Å². The Labute approximate surface area is 229 Å². The van der Waals surface area contributed by atoms with E-state index in [2.05, 4.69) is 91.5 Å². The number of carbonyl (C=O) groups is 1. The summed E-state index contributed by atoms with van der Waals surface area (Å²) in [4.78, 5) is 23.3. The van der Waals surface area contributed by atoms with Gasteiger partial charge < -0.3 is 14.4 Å². The summed E-state index contributed by atoms with van der Waals surface area (Å²) in [5, 5.41) is 1.45. The van der Waals surface area contributed by atoms with Crippen molar-refractivity contribution in [3.63, 3.8) is 0 Å². The van der Waals surface area contributed by atoms with Gasteiger partial charge in [-0.15, -0.1) is 0 Å². The predicted molar refractivity (Wildman–Crippen MR) is 157 cm³/mol. The first-order valence-electron chi connectivity index (χ1n) is 14.8. The fourth-order valence-corrected chi connectivity index (χ4v) is 7.23. The molecule has 1 aliphatic carbocycles. The number of aromatic nitrogens is 2. The highest BCUT2D eigenvalue weighted by Gasteiger charge is 2.43. The molecule has 0 radical (unpaired) electrons. The van der Waals surface area contributed by atoms with Crippen molar-refractivity contribution < 1.29 is 4.79 Å². The molecule has 1 saturated heterocycles. The van der Waals surface area contributed by atoms with E-state index >= 15 is 0 Å². The lowest BCUT2D eigenvalue weighted by Crippen LogP contribution is -2.53. The van der Waals surface area contributed by atoms with E-state index in [0.717, 1.165) is 45.2 Å². The predicted octanol–water partition coefficient (Wildman–Crippen LogP) is 6.79. The highest BCUT2D eigenvalue weighted by molar-refractivity contribution is 5.89. The average molecular weight is 515 g/mol. The third-order valence-corrected chi connectivity index (χ3v) is 9.30. The number of amides is 1. The molecule has 3 heterocycles. The quantitative estimate of drug-likeness (QED) is 0.316. The number of hydrogen-bond acceptors (Lipinski definition) is 3. The van der Waals surface area contributed by atoms with Gasteiger partial charge >= 0.3 is 0 Å². The first kappa shape index (κ1) is 26.9. The molecule has 2 aliphatic rings. The van der Waals surface area contributed by atoms with Crippen LogP contribution in [-0.4, -0.2) is 57.5 Å². The summed E-state index contributed by atoms with van der Waals surface area (Å²) in [5.74, 6) is 1.17. The second kappa shape index (κ2) is 11.2. The molecule has 1 aromatic carbocycles. The van der Waals surface area contributed by atoms with Gasteiger partial charge in [0.05, 0.1) is 5.92 Å². The fraction of sp³-hybridized carbons (Fsp3) is 0.576. The minimum Gasteiger partial charge on any atom is -0.345 e. The van der Waals surface area contributed by atoms with Gasteiger partial charge in [0.2, 0.25) is 5.91 Å². The summed E-state index contributed by atoms with van der Waals surface area (Å²) in [6.07, 6.45) is 11.3. The number of nitrogens with zero attached hydrogens (tertiary/aromatic N) is 4. The molecule has 3 unspecified atom stereocenters. The molecular formula is C33H46N4O. The monoisotopic (exact) mass is 514 g/mol. The second-order valence-corrected chi connectivity index (χ2v) is 12.3. The van der Waals surface area contributed by atoms with Gasteiger partial charge in [0.1, 0.15) is 0 Å². The van der Waals surface area contributed by atoms with Crippen LogP contribution in [0, 0.1) is 5.92 Å². The molecule has 3 aromatic rings. The van der Waals surface area contributed by atoms with Gasteiger partial charge in [-0.2, -0.15) is 0 Å². The molecule has 1 fully saturated rings. The molecule has 0 spiro atoms. The Kier molecular flexibility index (Phi) is 7.95. The van der Waals surface area contributed by atoms with E-state index < -0.39 is 0 Å². The van der Waals surface area contributed by atoms with Crippen molar-refractivity contribution in [1.29, 1.82) is 0 Å². The van der Waals surface area contributed by atoms with Crippen LogP contribution in [0.3, 0.4) is 0 Å². The third kappa shape index (κ3) is 5.02. The van der Waals surface area contributed by atoms with E-state index in [1.165, 1.54) is 27.6 Å². The van der Waals surface area contributed by atoms with Crippen molar-refractivity contribution in [1.82, 2.24) is 19.4 Å². The second-order valence-electron chi connectivity index (χ2n) is 12.3. The minimum absolute atomic E-state index is 0.0400. The molecule has 5 atom stereocenters. The van der Waals surface area contributed by atoms with Crippen LogP contribution in [0.1, 0.15) is 94.9 Å². The molecule has 38 heavy (non-hydrogen) atoms. The van der Waals surface area contributed by atoms with Crippen molar-refractivity contribution in [2.75, 3.05) is 20.1 Å². The average Bonchev–Trinajstić information content (AvgIpc) is 3.30. The SMILES string of the molecule is CCCCN(C(=O)C1C[C@@H]2c3cccc4c3c(cn4C(C)C)C[C@H]2N(C)C1)C(C)CC(C)c1cccnc1. The Morgan fingerprint density at radius 3 is 2.68 bits per heavy atom. The third-order valence-electron chi connectivity index (χ3n) is 9.30. The van der Waals surface area contributed by atoms with Crippen LogP contribution in [-0.2, 0) is 11.2 Å². The summed E-state index contributed by atoms with van der Waals surface area (Å²) < 4.78 is 2.44. The first-order chi connectivity index (χ1) is 18.3. The van der Waals surface area contributed by atoms with Gasteiger partial charge in [-0.25, -0.2) is 0 Å². The van der Waals surface area contributed by atoms with Crippen molar-refractivity contribution >= 4 is 16.8 Å². The molecule has 204 valence electrons. The van der Waals surface area contributed by atoms with E-state index in [1.54, 1.807) is 0 Å². The maximum Gasteiger partial charge on any atom is 0.227 e. The van der Waals surface area contributed by atoms with E-state index in [1.807, 2.05) is 18.5 Å². The van der Waals surface area contributed by atoms with Crippen LogP contribution in [0.15, 0.2) is 48.9 Å². The molecule has 1 amide bonds. The smallest absolute Gasteiger partial charge is 0.227 e. The maximum absolute atomic E-state index is 14.2. The Bertz CT molecular complexity index is 1250. The Balaban J connectivity index is 1.39. The van der Waals surface area contributed by atoms with Gasteiger partial charge in [-0.1, -0.05) is 38.5 Å².